The van der Waals surface area contributed by atoms with E-state index < -0.39 is 35.9 Å². The minimum absolute atomic E-state index is 0. The summed E-state index contributed by atoms with van der Waals surface area (Å²) < 4.78 is 66.7. The first-order chi connectivity index (χ1) is 12.4. The molecule has 3 N–H and O–H groups in total. The molecule has 13 heteroatoms. The van der Waals surface area contributed by atoms with Gasteiger partial charge in [0.05, 0.1) is 10.6 Å². The fraction of sp³-hybridized carbons (Fsp3) is 0.0625. The molecule has 0 spiro atoms. The number of aliphatic imine (C=N–C) groups is 1. The maximum atomic E-state index is 11.6. The Morgan fingerprint density at radius 2 is 1.52 bits per heavy atom. The Bertz CT molecular complexity index is 1160. The Labute approximate surface area is 212 Å². The standard InChI is InChI=1S/C16H16N2O7S2.2Na/c1-10(19)18-14-7-5-12(16(9-14)27(23,24)25)3-2-11-4-6-13(17)8-15(11)26(20,21)22;;/h2-9H,17H2,1H3,(H,18,19)(H,20,21,22)(H,23,24,25);;/q;2*+1/p-2/b3-2+;;. The van der Waals surface area contributed by atoms with Crippen LogP contribution < -0.4 is 70.0 Å². The van der Waals surface area contributed by atoms with Crippen molar-refractivity contribution < 1.29 is 90.2 Å². The summed E-state index contributed by atoms with van der Waals surface area (Å²) in [4.78, 5) is 2.46. The molecule has 2 aromatic carbocycles. The Morgan fingerprint density at radius 3 is 2.00 bits per heavy atom. The molecule has 2 aromatic rings. The number of nitrogens with two attached hydrogens (primary N) is 1. The fourth-order valence-electron chi connectivity index (χ4n) is 2.22. The number of hydrogen-bond acceptors (Lipinski definition) is 8. The summed E-state index contributed by atoms with van der Waals surface area (Å²) in [5.41, 5.74) is 5.55. The van der Waals surface area contributed by atoms with Gasteiger partial charge < -0.3 is 15.4 Å². The molecular weight excluding hydrogens is 442 g/mol. The van der Waals surface area contributed by atoms with Crippen molar-refractivity contribution in [2.75, 3.05) is 5.73 Å². The van der Waals surface area contributed by atoms with Gasteiger partial charge in [0.2, 0.25) is 0 Å². The summed E-state index contributed by atoms with van der Waals surface area (Å²) in [6.45, 7) is 1.17. The van der Waals surface area contributed by atoms with Crippen LogP contribution in [0.25, 0.3) is 12.2 Å². The quantitative estimate of drug-likeness (QED) is 0.112. The molecule has 144 valence electrons. The Hall–Kier alpha value is -0.730. The monoisotopic (exact) mass is 456 g/mol. The van der Waals surface area contributed by atoms with Crippen molar-refractivity contribution in [3.05, 3.63) is 47.5 Å². The van der Waals surface area contributed by atoms with Gasteiger partial charge in [-0.15, -0.1) is 0 Å². The van der Waals surface area contributed by atoms with Gasteiger partial charge in [0.25, 0.3) is 10.1 Å². The molecule has 9 nitrogen and oxygen atoms in total. The molecule has 0 saturated heterocycles. The van der Waals surface area contributed by atoms with Gasteiger partial charge in [-0.3, -0.25) is 9.55 Å². The van der Waals surface area contributed by atoms with E-state index in [4.69, 9.17) is 5.73 Å². The van der Waals surface area contributed by atoms with Crippen LogP contribution in [-0.4, -0.2) is 31.8 Å². The van der Waals surface area contributed by atoms with Crippen LogP contribution in [0, 0.1) is 0 Å². The van der Waals surface area contributed by atoms with Crippen molar-refractivity contribution >= 4 is 49.7 Å². The maximum absolute atomic E-state index is 11.6. The van der Waals surface area contributed by atoms with Crippen molar-refractivity contribution in [2.24, 2.45) is 4.99 Å². The predicted molar refractivity (Wildman–Crippen MR) is 96.8 cm³/mol. The normalized spacial score (nSPS) is 12.3. The molecule has 0 aromatic heterocycles. The average Bonchev–Trinajstić information content (AvgIpc) is 2.52. The van der Waals surface area contributed by atoms with Crippen molar-refractivity contribution in [3.63, 3.8) is 0 Å². The number of nitrogens with zero attached hydrogens (tertiary/aromatic N) is 1. The van der Waals surface area contributed by atoms with Gasteiger partial charge >= 0.3 is 59.1 Å². The molecule has 0 fully saturated rings. The topological polar surface area (TPSA) is 173 Å². The van der Waals surface area contributed by atoms with Crippen LogP contribution in [0.5, 0.6) is 0 Å². The summed E-state index contributed by atoms with van der Waals surface area (Å²) in [6, 6.07) is 7.23. The van der Waals surface area contributed by atoms with E-state index in [-0.39, 0.29) is 81.6 Å². The summed E-state index contributed by atoms with van der Waals surface area (Å²) >= 11 is 0. The number of rotatable bonds is 5. The Balaban J connectivity index is 0.00000392. The van der Waals surface area contributed by atoms with Gasteiger partial charge in [-0.1, -0.05) is 24.3 Å². The van der Waals surface area contributed by atoms with Crippen molar-refractivity contribution in [3.8, 4) is 0 Å². The van der Waals surface area contributed by atoms with Crippen molar-refractivity contribution in [1.82, 2.24) is 0 Å². The van der Waals surface area contributed by atoms with E-state index in [2.05, 4.69) is 4.99 Å². The number of benzene rings is 2. The van der Waals surface area contributed by atoms with Crippen LogP contribution in [0.15, 0.2) is 51.2 Å². The van der Waals surface area contributed by atoms with Gasteiger partial charge in [0.15, 0.2) is 0 Å². The molecule has 0 radical (unpaired) electrons. The van der Waals surface area contributed by atoms with Gasteiger partial charge in [-0.25, -0.2) is 8.42 Å². The summed E-state index contributed by atoms with van der Waals surface area (Å²) in [6.07, 6.45) is 2.39. The predicted octanol–water partition coefficient (Wildman–Crippen LogP) is -4.99. The Kier molecular flexibility index (Phi) is 10.8. The molecule has 0 aliphatic heterocycles. The summed E-state index contributed by atoms with van der Waals surface area (Å²) in [7, 11) is -9.48. The molecule has 0 heterocycles. The van der Waals surface area contributed by atoms with E-state index >= 15 is 0 Å². The Morgan fingerprint density at radius 1 is 1.00 bits per heavy atom. The van der Waals surface area contributed by atoms with Crippen LogP contribution in [0.2, 0.25) is 0 Å². The zero-order chi connectivity index (χ0) is 20.4. The van der Waals surface area contributed by atoms with Gasteiger partial charge in [0.1, 0.15) is 15.0 Å². The fourth-order valence-corrected chi connectivity index (χ4v) is 3.63. The third-order valence-corrected chi connectivity index (χ3v) is 5.11. The van der Waals surface area contributed by atoms with E-state index in [0.717, 1.165) is 12.1 Å². The number of nitrogen functional groups attached to an aromatic ring is 1. The van der Waals surface area contributed by atoms with E-state index in [0.29, 0.717) is 0 Å². The second-order valence-electron chi connectivity index (χ2n) is 5.41. The molecule has 0 aliphatic rings. The molecule has 0 amide bonds. The van der Waals surface area contributed by atoms with E-state index in [1.807, 2.05) is 0 Å². The van der Waals surface area contributed by atoms with E-state index in [1.54, 1.807) is 0 Å². The summed E-state index contributed by atoms with van der Waals surface area (Å²) in [5, 5.41) is 11.0. The van der Waals surface area contributed by atoms with E-state index in [9.17, 15) is 31.0 Å². The van der Waals surface area contributed by atoms with Crippen LogP contribution in [0.1, 0.15) is 18.1 Å². The third kappa shape index (κ3) is 8.13. The largest absolute Gasteiger partial charge is 1.00 e. The van der Waals surface area contributed by atoms with Gasteiger partial charge in [-0.2, -0.15) is 8.42 Å². The molecule has 2 rings (SSSR count). The van der Waals surface area contributed by atoms with Crippen molar-refractivity contribution in [1.29, 1.82) is 0 Å². The molecule has 0 unspecified atom stereocenters. The minimum Gasteiger partial charge on any atom is -0.862 e. The average molecular weight is 456 g/mol. The zero-order valence-corrected chi connectivity index (χ0v) is 21.5. The van der Waals surface area contributed by atoms with Crippen molar-refractivity contribution in [2.45, 2.75) is 16.7 Å². The second-order valence-corrected chi connectivity index (χ2v) is 8.15. The van der Waals surface area contributed by atoms with Gasteiger partial charge in [0, 0.05) is 5.69 Å². The second kappa shape index (κ2) is 11.0. The van der Waals surface area contributed by atoms with Crippen LogP contribution in [-0.2, 0) is 20.2 Å². The molecule has 0 atom stereocenters. The van der Waals surface area contributed by atoms with Crippen LogP contribution in [0.4, 0.5) is 11.4 Å². The van der Waals surface area contributed by atoms with Gasteiger partial charge in [-0.05, 0) is 48.2 Å². The minimum atomic E-state index is -4.82. The summed E-state index contributed by atoms with van der Waals surface area (Å²) in [5.74, 6) is -0.563. The SMILES string of the molecule is CC([O-])=Nc1ccc(/C=C/c2ccc(N)cc2S(=O)(=O)[O-])c(S(=O)(=O)O)c1.[Na+].[Na+]. The third-order valence-electron chi connectivity index (χ3n) is 3.31. The van der Waals surface area contributed by atoms with Crippen LogP contribution in [0.3, 0.4) is 0 Å². The smallest absolute Gasteiger partial charge is 0.862 e. The molecule has 0 bridgehead atoms. The first-order valence-electron chi connectivity index (χ1n) is 7.25. The zero-order valence-electron chi connectivity index (χ0n) is 15.9. The molecule has 29 heavy (non-hydrogen) atoms. The first kappa shape index (κ1) is 28.3. The van der Waals surface area contributed by atoms with E-state index in [1.165, 1.54) is 43.3 Å². The first-order valence-corrected chi connectivity index (χ1v) is 10.1. The molecular formula is C16H14N2Na2O7S2. The molecule has 0 aliphatic carbocycles. The molecule has 0 saturated carbocycles. The van der Waals surface area contributed by atoms with Crippen LogP contribution >= 0.6 is 0 Å². The maximum Gasteiger partial charge on any atom is 1.00 e. The number of hydrogen-bond donors (Lipinski definition) is 2. The number of anilines is 1.